The minimum absolute atomic E-state index is 0.0340. The number of rotatable bonds is 8. The number of hydrogen-bond acceptors (Lipinski definition) is 9. The molecule has 1 amide bonds. The number of likely N-dealkylation sites (tertiary alicyclic amines) is 1. The third-order valence-electron chi connectivity index (χ3n) is 12.5. The molecule has 2 aliphatic carbocycles. The highest BCUT2D eigenvalue weighted by molar-refractivity contribution is 5.99. The van der Waals surface area contributed by atoms with Crippen LogP contribution in [0.1, 0.15) is 103 Å². The molecule has 2 N–H and O–H groups in total. The van der Waals surface area contributed by atoms with E-state index >= 15 is 0 Å². The first-order valence-electron chi connectivity index (χ1n) is 19.0. The molecule has 0 radical (unpaired) electrons. The third kappa shape index (κ3) is 7.00. The quantitative estimate of drug-likeness (QED) is 0.270. The molecule has 3 aromatic rings. The molecule has 2 saturated heterocycles. The third-order valence-corrected chi connectivity index (χ3v) is 12.5. The molecule has 8 rings (SSSR count). The second-order valence-electron chi connectivity index (χ2n) is 16.0. The summed E-state index contributed by atoms with van der Waals surface area (Å²) in [7, 11) is 0. The number of piperidine rings is 1. The van der Waals surface area contributed by atoms with Crippen LogP contribution < -0.4 is 10.2 Å². The minimum Gasteiger partial charge on any atom is -0.479 e. The van der Waals surface area contributed by atoms with Crippen molar-refractivity contribution >= 4 is 23.5 Å². The van der Waals surface area contributed by atoms with Crippen LogP contribution in [0.5, 0.6) is 0 Å². The van der Waals surface area contributed by atoms with Gasteiger partial charge in [-0.3, -0.25) is 9.69 Å². The summed E-state index contributed by atoms with van der Waals surface area (Å²) in [5.74, 6) is -1.06. The molecule has 2 saturated carbocycles. The van der Waals surface area contributed by atoms with Crippen LogP contribution in [0.25, 0.3) is 0 Å². The number of amides is 1. The van der Waals surface area contributed by atoms with Crippen LogP contribution in [-0.2, 0) is 22.3 Å². The summed E-state index contributed by atoms with van der Waals surface area (Å²) in [6.07, 6.45) is 5.46. The molecule has 5 aliphatic rings. The zero-order valence-corrected chi connectivity index (χ0v) is 29.9. The molecular formula is C39H46F3N7O4. The fourth-order valence-corrected chi connectivity index (χ4v) is 10.1. The monoisotopic (exact) mass is 733 g/mol. The Bertz CT molecular complexity index is 1840. The lowest BCUT2D eigenvalue weighted by Gasteiger charge is -2.33. The van der Waals surface area contributed by atoms with Gasteiger partial charge >= 0.3 is 12.1 Å². The fourth-order valence-electron chi connectivity index (χ4n) is 10.1. The number of fused-ring (bicyclic) bond motifs is 3. The lowest BCUT2D eigenvalue weighted by molar-refractivity contribution is -0.146. The average Bonchev–Trinajstić information content (AvgIpc) is 3.66. The summed E-state index contributed by atoms with van der Waals surface area (Å²) in [6.45, 7) is 6.20. The zero-order valence-electron chi connectivity index (χ0n) is 29.9. The van der Waals surface area contributed by atoms with Gasteiger partial charge in [0.05, 0.1) is 12.1 Å². The molecule has 11 nitrogen and oxygen atoms in total. The summed E-state index contributed by atoms with van der Waals surface area (Å²) in [5, 5.41) is 12.9. The second-order valence-corrected chi connectivity index (χ2v) is 16.0. The van der Waals surface area contributed by atoms with Gasteiger partial charge in [-0.05, 0) is 111 Å². The Morgan fingerprint density at radius 2 is 1.85 bits per heavy atom. The number of ether oxygens (including phenoxy) is 1. The first kappa shape index (κ1) is 35.8. The van der Waals surface area contributed by atoms with Gasteiger partial charge in [0, 0.05) is 56.5 Å². The zero-order chi connectivity index (χ0) is 36.9. The number of anilines is 2. The number of nitrogens with one attached hydrogen (secondary N) is 1. The van der Waals surface area contributed by atoms with Gasteiger partial charge in [-0.25, -0.2) is 24.7 Å². The molecule has 2 aromatic heterocycles. The first-order chi connectivity index (χ1) is 25.5. The summed E-state index contributed by atoms with van der Waals surface area (Å²) >= 11 is 0. The Morgan fingerprint density at radius 1 is 1.06 bits per heavy atom. The number of carbonyl (C=O) groups is 2. The van der Waals surface area contributed by atoms with Crippen LogP contribution in [0, 0.1) is 23.7 Å². The van der Waals surface area contributed by atoms with Gasteiger partial charge in [-0.2, -0.15) is 13.2 Å². The molecule has 14 heteroatoms. The van der Waals surface area contributed by atoms with Crippen molar-refractivity contribution in [2.75, 3.05) is 37.7 Å². The lowest BCUT2D eigenvalue weighted by Crippen LogP contribution is -2.57. The van der Waals surface area contributed by atoms with Gasteiger partial charge in [0.1, 0.15) is 11.4 Å². The molecule has 5 heterocycles. The fraction of sp³-hybridized carbons (Fsp3) is 0.590. The van der Waals surface area contributed by atoms with Crippen molar-refractivity contribution in [3.8, 4) is 0 Å². The summed E-state index contributed by atoms with van der Waals surface area (Å²) in [5.41, 5.74) is -0.730. The van der Waals surface area contributed by atoms with Crippen LogP contribution in [0.3, 0.4) is 0 Å². The normalized spacial score (nSPS) is 29.2. The van der Waals surface area contributed by atoms with Crippen molar-refractivity contribution < 1.29 is 32.6 Å². The van der Waals surface area contributed by atoms with E-state index in [9.17, 15) is 27.9 Å². The smallest absolute Gasteiger partial charge is 0.434 e. The Kier molecular flexibility index (Phi) is 9.63. The Morgan fingerprint density at radius 3 is 2.60 bits per heavy atom. The topological polar surface area (TPSA) is 134 Å². The highest BCUT2D eigenvalue weighted by atomic mass is 19.4. The number of hydrogen-bond donors (Lipinski definition) is 2. The molecule has 6 atom stereocenters. The molecule has 2 bridgehead atoms. The molecule has 3 aliphatic heterocycles. The molecule has 4 fully saturated rings. The maximum Gasteiger partial charge on any atom is 0.434 e. The standard InChI is InChI=1S/C39H46F3N7O4/c1-23-14-24-16-28(15-23)38(18-24,36(51)52)47-35(50)30-19-45-37(46-34(30)39(40,41)42)49-21-31(25-7-12-53-13-8-25)29-17-26(5-6-32(29)49)27-4-2-11-48(20-27)22-33-43-9-3-10-44-33/h3,5-6,9-10,17,19,23-25,27-28,31H,2,4,7-8,11-16,18,20-22H2,1H3,(H,47,50)(H,51,52). The van der Waals surface area contributed by atoms with E-state index in [1.165, 1.54) is 5.56 Å². The highest BCUT2D eigenvalue weighted by Gasteiger charge is 2.56. The van der Waals surface area contributed by atoms with E-state index in [2.05, 4.69) is 42.3 Å². The van der Waals surface area contributed by atoms with E-state index in [1.807, 2.05) is 19.1 Å². The maximum atomic E-state index is 14.8. The van der Waals surface area contributed by atoms with Gasteiger partial charge < -0.3 is 20.1 Å². The van der Waals surface area contributed by atoms with E-state index in [1.54, 1.807) is 17.3 Å². The maximum absolute atomic E-state index is 14.8. The van der Waals surface area contributed by atoms with Crippen molar-refractivity contribution in [2.24, 2.45) is 23.7 Å². The van der Waals surface area contributed by atoms with Crippen LogP contribution in [0.15, 0.2) is 42.9 Å². The SMILES string of the molecule is CC1CC2CC(C1)C(NC(=O)c1cnc(N3CC(C4CCOCC4)c4cc(C5CCCN(Cc6ncccn6)C5)ccc43)nc1C(F)(F)F)(C(=O)O)C2. The number of aliphatic carboxylic acids is 1. The number of alkyl halides is 3. The van der Waals surface area contributed by atoms with Crippen molar-refractivity contribution in [3.63, 3.8) is 0 Å². The Balaban J connectivity index is 1.09. The van der Waals surface area contributed by atoms with Gasteiger partial charge in [-0.15, -0.1) is 0 Å². The highest BCUT2D eigenvalue weighted by Crippen LogP contribution is 2.51. The molecule has 1 aromatic carbocycles. The van der Waals surface area contributed by atoms with Gasteiger partial charge in [0.15, 0.2) is 5.69 Å². The van der Waals surface area contributed by atoms with Gasteiger partial charge in [0.2, 0.25) is 5.95 Å². The predicted octanol–water partition coefficient (Wildman–Crippen LogP) is 6.34. The van der Waals surface area contributed by atoms with Crippen LogP contribution in [-0.4, -0.2) is 80.2 Å². The van der Waals surface area contributed by atoms with E-state index < -0.39 is 34.8 Å². The number of carbonyl (C=O) groups excluding carboxylic acids is 1. The number of aromatic nitrogens is 4. The van der Waals surface area contributed by atoms with E-state index in [0.29, 0.717) is 39.1 Å². The number of carboxylic acid groups (broad SMARTS) is 1. The van der Waals surface area contributed by atoms with Crippen LogP contribution in [0.2, 0.25) is 0 Å². The average molecular weight is 734 g/mol. The van der Waals surface area contributed by atoms with E-state index in [0.717, 1.165) is 68.5 Å². The summed E-state index contributed by atoms with van der Waals surface area (Å²) in [6, 6.07) is 8.10. The van der Waals surface area contributed by atoms with E-state index in [4.69, 9.17) is 4.74 Å². The minimum atomic E-state index is -4.98. The first-order valence-corrected chi connectivity index (χ1v) is 19.0. The van der Waals surface area contributed by atoms with Gasteiger partial charge in [0.25, 0.3) is 5.91 Å². The summed E-state index contributed by atoms with van der Waals surface area (Å²) in [4.78, 5) is 47.7. The van der Waals surface area contributed by atoms with Crippen molar-refractivity contribution in [1.29, 1.82) is 0 Å². The summed E-state index contributed by atoms with van der Waals surface area (Å²) < 4.78 is 50.0. The molecule has 53 heavy (non-hydrogen) atoms. The van der Waals surface area contributed by atoms with E-state index in [-0.39, 0.29) is 47.9 Å². The largest absolute Gasteiger partial charge is 0.479 e. The number of carboxylic acids is 1. The van der Waals surface area contributed by atoms with Gasteiger partial charge in [-0.1, -0.05) is 19.1 Å². The van der Waals surface area contributed by atoms with Crippen molar-refractivity contribution in [1.82, 2.24) is 30.2 Å². The lowest BCUT2D eigenvalue weighted by atomic mass is 9.78. The number of nitrogens with zero attached hydrogens (tertiary/aromatic N) is 6. The van der Waals surface area contributed by atoms with Crippen LogP contribution in [0.4, 0.5) is 24.8 Å². The molecule has 0 spiro atoms. The molecular weight excluding hydrogens is 687 g/mol. The number of benzene rings is 1. The van der Waals surface area contributed by atoms with Crippen LogP contribution >= 0.6 is 0 Å². The number of halogens is 3. The van der Waals surface area contributed by atoms with Crippen molar-refractivity contribution in [3.05, 3.63) is 71.1 Å². The Labute approximate surface area is 306 Å². The molecule has 282 valence electrons. The Hall–Kier alpha value is -4.17. The second kappa shape index (κ2) is 14.2. The molecule has 6 unspecified atom stereocenters. The van der Waals surface area contributed by atoms with Crippen molar-refractivity contribution in [2.45, 2.75) is 88.4 Å². The predicted molar refractivity (Wildman–Crippen MR) is 188 cm³/mol.